The highest BCUT2D eigenvalue weighted by atomic mass is 16.5. The van der Waals surface area contributed by atoms with E-state index in [0.717, 1.165) is 23.1 Å². The van der Waals surface area contributed by atoms with E-state index in [-0.39, 0.29) is 11.4 Å². The molecule has 0 spiro atoms. The van der Waals surface area contributed by atoms with Crippen LogP contribution in [0.25, 0.3) is 11.1 Å². The third-order valence-corrected chi connectivity index (χ3v) is 4.26. The average Bonchev–Trinajstić information content (AvgIpc) is 2.76. The normalized spacial score (nSPS) is 24.4. The SMILES string of the molecule is COC(=O)C1(c2ccc3oc(C)nc3c2)CC1(C)C. The molecule has 4 nitrogen and oxygen atoms in total. The van der Waals surface area contributed by atoms with Gasteiger partial charge in [-0.1, -0.05) is 19.9 Å². The number of esters is 1. The van der Waals surface area contributed by atoms with E-state index in [1.54, 1.807) is 0 Å². The van der Waals surface area contributed by atoms with E-state index in [4.69, 9.17) is 9.15 Å². The highest BCUT2D eigenvalue weighted by molar-refractivity contribution is 5.90. The fourth-order valence-electron chi connectivity index (χ4n) is 3.06. The van der Waals surface area contributed by atoms with Crippen molar-refractivity contribution in [2.45, 2.75) is 32.6 Å². The first kappa shape index (κ1) is 12.2. The maximum atomic E-state index is 12.2. The lowest BCUT2D eigenvalue weighted by molar-refractivity contribution is -0.144. The van der Waals surface area contributed by atoms with E-state index in [2.05, 4.69) is 18.8 Å². The van der Waals surface area contributed by atoms with E-state index in [1.165, 1.54) is 7.11 Å². The van der Waals surface area contributed by atoms with Crippen LogP contribution in [0.1, 0.15) is 31.7 Å². The van der Waals surface area contributed by atoms with Gasteiger partial charge in [-0.3, -0.25) is 4.79 Å². The van der Waals surface area contributed by atoms with Gasteiger partial charge in [-0.05, 0) is 29.5 Å². The van der Waals surface area contributed by atoms with Crippen molar-refractivity contribution < 1.29 is 13.9 Å². The lowest BCUT2D eigenvalue weighted by Crippen LogP contribution is -2.27. The molecule has 1 unspecified atom stereocenters. The summed E-state index contributed by atoms with van der Waals surface area (Å²) in [6.45, 7) is 5.99. The van der Waals surface area contributed by atoms with Gasteiger partial charge < -0.3 is 9.15 Å². The molecule has 1 aromatic carbocycles. The van der Waals surface area contributed by atoms with Crippen molar-refractivity contribution in [2.75, 3.05) is 7.11 Å². The van der Waals surface area contributed by atoms with Gasteiger partial charge in [0.1, 0.15) is 5.52 Å². The average molecular weight is 259 g/mol. The number of nitrogens with zero attached hydrogens (tertiary/aromatic N) is 1. The zero-order chi connectivity index (χ0) is 13.8. The minimum Gasteiger partial charge on any atom is -0.468 e. The maximum absolute atomic E-state index is 12.2. The monoisotopic (exact) mass is 259 g/mol. The van der Waals surface area contributed by atoms with Gasteiger partial charge in [-0.15, -0.1) is 0 Å². The van der Waals surface area contributed by atoms with Crippen molar-refractivity contribution in [2.24, 2.45) is 5.41 Å². The van der Waals surface area contributed by atoms with Gasteiger partial charge in [0.15, 0.2) is 11.5 Å². The molecular weight excluding hydrogens is 242 g/mol. The maximum Gasteiger partial charge on any atom is 0.316 e. The summed E-state index contributed by atoms with van der Waals surface area (Å²) in [7, 11) is 1.44. The van der Waals surface area contributed by atoms with Gasteiger partial charge >= 0.3 is 5.97 Å². The lowest BCUT2D eigenvalue weighted by Gasteiger charge is -2.18. The number of methoxy groups -OCH3 is 1. The molecule has 4 heteroatoms. The Balaban J connectivity index is 2.14. The zero-order valence-corrected chi connectivity index (χ0v) is 11.6. The third kappa shape index (κ3) is 1.52. The van der Waals surface area contributed by atoms with Crippen LogP contribution in [-0.2, 0) is 14.9 Å². The highest BCUT2D eigenvalue weighted by Gasteiger charge is 2.68. The first-order chi connectivity index (χ1) is 8.90. The topological polar surface area (TPSA) is 52.3 Å². The number of ether oxygens (including phenoxy) is 1. The minimum absolute atomic E-state index is 0.0768. The number of oxazole rings is 1. The van der Waals surface area contributed by atoms with E-state index in [9.17, 15) is 4.79 Å². The Morgan fingerprint density at radius 1 is 1.42 bits per heavy atom. The fourth-order valence-corrected chi connectivity index (χ4v) is 3.06. The summed E-state index contributed by atoms with van der Waals surface area (Å²) >= 11 is 0. The largest absolute Gasteiger partial charge is 0.468 e. The number of carbonyl (C=O) groups excluding carboxylic acids is 1. The molecule has 0 saturated heterocycles. The summed E-state index contributed by atoms with van der Waals surface area (Å²) < 4.78 is 10.5. The van der Waals surface area contributed by atoms with E-state index in [1.807, 2.05) is 25.1 Å². The predicted molar refractivity (Wildman–Crippen MR) is 70.8 cm³/mol. The van der Waals surface area contributed by atoms with Crippen molar-refractivity contribution in [3.8, 4) is 0 Å². The minimum atomic E-state index is -0.539. The fraction of sp³-hybridized carbons (Fsp3) is 0.467. The van der Waals surface area contributed by atoms with E-state index >= 15 is 0 Å². The van der Waals surface area contributed by atoms with Gasteiger partial charge in [0, 0.05) is 6.92 Å². The number of fused-ring (bicyclic) bond motifs is 1. The summed E-state index contributed by atoms with van der Waals surface area (Å²) in [5.41, 5.74) is 1.89. The van der Waals surface area contributed by atoms with Gasteiger partial charge in [0.25, 0.3) is 0 Å². The van der Waals surface area contributed by atoms with Crippen LogP contribution in [0.3, 0.4) is 0 Å². The van der Waals surface area contributed by atoms with Crippen LogP contribution in [0.4, 0.5) is 0 Å². The van der Waals surface area contributed by atoms with Crippen LogP contribution >= 0.6 is 0 Å². The molecule has 1 aromatic heterocycles. The quantitative estimate of drug-likeness (QED) is 0.778. The molecule has 1 aliphatic rings. The van der Waals surface area contributed by atoms with Crippen LogP contribution in [-0.4, -0.2) is 18.1 Å². The van der Waals surface area contributed by atoms with E-state index in [0.29, 0.717) is 5.89 Å². The Hall–Kier alpha value is -1.84. The van der Waals surface area contributed by atoms with Crippen LogP contribution in [0, 0.1) is 12.3 Å². The first-order valence-corrected chi connectivity index (χ1v) is 6.37. The number of aryl methyl sites for hydroxylation is 1. The molecular formula is C15H17NO3. The number of carbonyl (C=O) groups is 1. The van der Waals surface area contributed by atoms with Crippen LogP contribution < -0.4 is 0 Å². The second-order valence-electron chi connectivity index (χ2n) is 5.87. The molecule has 100 valence electrons. The molecule has 0 aliphatic heterocycles. The molecule has 1 heterocycles. The number of hydrogen-bond donors (Lipinski definition) is 0. The summed E-state index contributed by atoms with van der Waals surface area (Å²) in [4.78, 5) is 16.5. The van der Waals surface area contributed by atoms with E-state index < -0.39 is 5.41 Å². The number of benzene rings is 1. The van der Waals surface area contributed by atoms with Gasteiger partial charge in [-0.25, -0.2) is 4.98 Å². The summed E-state index contributed by atoms with van der Waals surface area (Å²) in [5.74, 6) is 0.464. The summed E-state index contributed by atoms with van der Waals surface area (Å²) in [6.07, 6.45) is 0.801. The lowest BCUT2D eigenvalue weighted by atomic mass is 9.88. The molecule has 1 atom stereocenters. The molecule has 1 aliphatic carbocycles. The molecule has 3 rings (SSSR count). The van der Waals surface area contributed by atoms with Gasteiger partial charge in [0.05, 0.1) is 12.5 Å². The molecule has 0 N–H and O–H groups in total. The third-order valence-electron chi connectivity index (χ3n) is 4.26. The zero-order valence-electron chi connectivity index (χ0n) is 11.6. The smallest absolute Gasteiger partial charge is 0.316 e. The predicted octanol–water partition coefficient (Wildman–Crippen LogP) is 2.98. The Kier molecular flexibility index (Phi) is 2.31. The van der Waals surface area contributed by atoms with Gasteiger partial charge in [0.2, 0.25) is 0 Å². The van der Waals surface area contributed by atoms with Crippen LogP contribution in [0.15, 0.2) is 22.6 Å². The van der Waals surface area contributed by atoms with Crippen LogP contribution in [0.2, 0.25) is 0 Å². The van der Waals surface area contributed by atoms with Gasteiger partial charge in [-0.2, -0.15) is 0 Å². The van der Waals surface area contributed by atoms with Crippen molar-refractivity contribution >= 4 is 17.1 Å². The molecule has 0 bridgehead atoms. The summed E-state index contributed by atoms with van der Waals surface area (Å²) in [6, 6.07) is 5.76. The Morgan fingerprint density at radius 3 is 2.68 bits per heavy atom. The Bertz CT molecular complexity index is 671. The molecule has 19 heavy (non-hydrogen) atoms. The standard InChI is InChI=1S/C15H17NO3/c1-9-16-11-7-10(5-6-12(11)19-9)15(13(17)18-4)8-14(15,2)3/h5-7H,8H2,1-4H3. The molecule has 1 saturated carbocycles. The number of hydrogen-bond acceptors (Lipinski definition) is 4. The molecule has 2 aromatic rings. The number of rotatable bonds is 2. The van der Waals surface area contributed by atoms with Crippen molar-refractivity contribution in [1.82, 2.24) is 4.98 Å². The summed E-state index contributed by atoms with van der Waals surface area (Å²) in [5, 5.41) is 0. The van der Waals surface area contributed by atoms with Crippen molar-refractivity contribution in [1.29, 1.82) is 0 Å². The van der Waals surface area contributed by atoms with Crippen LogP contribution in [0.5, 0.6) is 0 Å². The Labute approximate surface area is 111 Å². The van der Waals surface area contributed by atoms with Crippen molar-refractivity contribution in [3.05, 3.63) is 29.7 Å². The first-order valence-electron chi connectivity index (χ1n) is 6.37. The second kappa shape index (κ2) is 3.59. The second-order valence-corrected chi connectivity index (χ2v) is 5.87. The molecule has 0 amide bonds. The number of aromatic nitrogens is 1. The molecule has 1 fully saturated rings. The highest BCUT2D eigenvalue weighted by Crippen LogP contribution is 2.65. The molecule has 0 radical (unpaired) electrons. The van der Waals surface area contributed by atoms with Crippen molar-refractivity contribution in [3.63, 3.8) is 0 Å². The Morgan fingerprint density at radius 2 is 2.11 bits per heavy atom.